The summed E-state index contributed by atoms with van der Waals surface area (Å²) in [7, 11) is 1.59. The Balaban J connectivity index is 2.39. The number of benzene rings is 2. The molecule has 0 amide bonds. The van der Waals surface area contributed by atoms with Crippen molar-refractivity contribution in [3.63, 3.8) is 0 Å². The molecule has 0 saturated heterocycles. The Morgan fingerprint density at radius 2 is 1.79 bits per heavy atom. The van der Waals surface area contributed by atoms with Gasteiger partial charge >= 0.3 is 0 Å². The predicted octanol–water partition coefficient (Wildman–Crippen LogP) is 4.43. The number of halogens is 1. The standard InChI is InChI=1S/C15H12BrNO2/c1-10-3-5-14(15(7-10)18-2)19-13-6-4-12(16)8-11(13)9-17/h3-8H,1-2H3. The van der Waals surface area contributed by atoms with E-state index in [1.807, 2.05) is 31.2 Å². The van der Waals surface area contributed by atoms with Crippen LogP contribution in [0.2, 0.25) is 0 Å². The van der Waals surface area contributed by atoms with E-state index in [1.165, 1.54) is 0 Å². The fraction of sp³-hybridized carbons (Fsp3) is 0.133. The first kappa shape index (κ1) is 13.4. The van der Waals surface area contributed by atoms with Gasteiger partial charge in [-0.25, -0.2) is 0 Å². The largest absolute Gasteiger partial charge is 0.493 e. The summed E-state index contributed by atoms with van der Waals surface area (Å²) in [5.74, 6) is 1.74. The smallest absolute Gasteiger partial charge is 0.169 e. The zero-order valence-corrected chi connectivity index (χ0v) is 12.2. The number of aryl methyl sites for hydroxylation is 1. The van der Waals surface area contributed by atoms with Gasteiger partial charge in [-0.3, -0.25) is 0 Å². The van der Waals surface area contributed by atoms with Crippen LogP contribution in [0.5, 0.6) is 17.2 Å². The average molecular weight is 318 g/mol. The molecule has 0 aliphatic rings. The molecule has 3 nitrogen and oxygen atoms in total. The quantitative estimate of drug-likeness (QED) is 0.841. The highest BCUT2D eigenvalue weighted by atomic mass is 79.9. The molecule has 0 radical (unpaired) electrons. The van der Waals surface area contributed by atoms with Crippen LogP contribution in [0.4, 0.5) is 0 Å². The molecule has 19 heavy (non-hydrogen) atoms. The molecule has 0 N–H and O–H groups in total. The monoisotopic (exact) mass is 317 g/mol. The molecule has 2 rings (SSSR count). The fourth-order valence-corrected chi connectivity index (χ4v) is 2.02. The minimum absolute atomic E-state index is 0.469. The van der Waals surface area contributed by atoms with Crippen LogP contribution in [-0.4, -0.2) is 7.11 Å². The van der Waals surface area contributed by atoms with Crippen LogP contribution in [0.3, 0.4) is 0 Å². The van der Waals surface area contributed by atoms with E-state index in [2.05, 4.69) is 22.0 Å². The summed E-state index contributed by atoms with van der Waals surface area (Å²) in [6.07, 6.45) is 0. The van der Waals surface area contributed by atoms with Crippen LogP contribution in [0, 0.1) is 18.3 Å². The molecule has 0 spiro atoms. The lowest BCUT2D eigenvalue weighted by Crippen LogP contribution is -1.93. The minimum Gasteiger partial charge on any atom is -0.493 e. The van der Waals surface area contributed by atoms with Gasteiger partial charge in [0.15, 0.2) is 11.5 Å². The highest BCUT2D eigenvalue weighted by Crippen LogP contribution is 2.34. The molecular formula is C15H12BrNO2. The second kappa shape index (κ2) is 5.77. The highest BCUT2D eigenvalue weighted by Gasteiger charge is 2.09. The van der Waals surface area contributed by atoms with Crippen LogP contribution in [0.25, 0.3) is 0 Å². The third-order valence-electron chi connectivity index (χ3n) is 2.60. The molecule has 2 aromatic carbocycles. The molecule has 2 aromatic rings. The number of nitrogens with zero attached hydrogens (tertiary/aromatic N) is 1. The maximum atomic E-state index is 9.11. The molecule has 0 unspecified atom stereocenters. The van der Waals surface area contributed by atoms with E-state index in [1.54, 1.807) is 19.2 Å². The van der Waals surface area contributed by atoms with E-state index in [0.717, 1.165) is 10.0 Å². The van der Waals surface area contributed by atoms with Crippen molar-refractivity contribution < 1.29 is 9.47 Å². The van der Waals surface area contributed by atoms with Gasteiger partial charge in [0.2, 0.25) is 0 Å². The number of ether oxygens (including phenoxy) is 2. The number of rotatable bonds is 3. The molecule has 4 heteroatoms. The van der Waals surface area contributed by atoms with Crippen molar-refractivity contribution in [2.24, 2.45) is 0 Å². The van der Waals surface area contributed by atoms with Gasteiger partial charge in [0, 0.05) is 4.47 Å². The first-order valence-electron chi connectivity index (χ1n) is 5.66. The number of hydrogen-bond donors (Lipinski definition) is 0. The van der Waals surface area contributed by atoms with Crippen LogP contribution < -0.4 is 9.47 Å². The van der Waals surface area contributed by atoms with E-state index in [0.29, 0.717) is 22.8 Å². The van der Waals surface area contributed by atoms with E-state index < -0.39 is 0 Å². The zero-order chi connectivity index (χ0) is 13.8. The van der Waals surface area contributed by atoms with Gasteiger partial charge in [0.05, 0.1) is 12.7 Å². The Hall–Kier alpha value is -1.99. The fourth-order valence-electron chi connectivity index (χ4n) is 1.66. The molecule has 0 bridgehead atoms. The molecule has 0 saturated carbocycles. The summed E-state index contributed by atoms with van der Waals surface area (Å²) in [6, 6.07) is 13.1. The molecule has 0 aromatic heterocycles. The number of hydrogen-bond acceptors (Lipinski definition) is 3. The van der Waals surface area contributed by atoms with Gasteiger partial charge < -0.3 is 9.47 Å². The molecule has 0 atom stereocenters. The van der Waals surface area contributed by atoms with Crippen molar-refractivity contribution in [3.8, 4) is 23.3 Å². The summed E-state index contributed by atoms with van der Waals surface area (Å²) in [5, 5.41) is 9.11. The van der Waals surface area contributed by atoms with Crippen molar-refractivity contribution >= 4 is 15.9 Å². The SMILES string of the molecule is COc1cc(C)ccc1Oc1ccc(Br)cc1C#N. The maximum absolute atomic E-state index is 9.11. The molecule has 0 aliphatic heterocycles. The van der Waals surface area contributed by atoms with Crippen molar-refractivity contribution in [1.29, 1.82) is 5.26 Å². The Kier molecular flexibility index (Phi) is 4.08. The molecule has 0 fully saturated rings. The topological polar surface area (TPSA) is 42.2 Å². The number of nitriles is 1. The third kappa shape index (κ3) is 3.07. The van der Waals surface area contributed by atoms with Gasteiger partial charge in [-0.1, -0.05) is 22.0 Å². The lowest BCUT2D eigenvalue weighted by atomic mass is 10.2. The highest BCUT2D eigenvalue weighted by molar-refractivity contribution is 9.10. The van der Waals surface area contributed by atoms with Crippen LogP contribution in [0.1, 0.15) is 11.1 Å². The van der Waals surface area contributed by atoms with Crippen molar-refractivity contribution in [3.05, 3.63) is 52.0 Å². The summed E-state index contributed by atoms with van der Waals surface area (Å²) in [5.41, 5.74) is 1.55. The molecule has 0 aliphatic carbocycles. The Morgan fingerprint density at radius 1 is 1.05 bits per heavy atom. The van der Waals surface area contributed by atoms with Crippen molar-refractivity contribution in [2.75, 3.05) is 7.11 Å². The second-order valence-corrected chi connectivity index (χ2v) is 4.92. The average Bonchev–Trinajstić information content (AvgIpc) is 2.42. The van der Waals surface area contributed by atoms with Gasteiger partial charge in [-0.05, 0) is 42.8 Å². The van der Waals surface area contributed by atoms with Crippen molar-refractivity contribution in [2.45, 2.75) is 6.92 Å². The first-order chi connectivity index (χ1) is 9.13. The first-order valence-corrected chi connectivity index (χ1v) is 6.45. The molecule has 96 valence electrons. The minimum atomic E-state index is 0.469. The molecule has 0 heterocycles. The Bertz CT molecular complexity index is 647. The lowest BCUT2D eigenvalue weighted by Gasteiger charge is -2.12. The predicted molar refractivity (Wildman–Crippen MR) is 76.7 cm³/mol. The summed E-state index contributed by atoms with van der Waals surface area (Å²) >= 11 is 3.33. The van der Waals surface area contributed by atoms with Gasteiger partial charge in [0.1, 0.15) is 11.8 Å². The van der Waals surface area contributed by atoms with Crippen LogP contribution in [-0.2, 0) is 0 Å². The van der Waals surface area contributed by atoms with Crippen LogP contribution in [0.15, 0.2) is 40.9 Å². The normalized spacial score (nSPS) is 9.79. The van der Waals surface area contributed by atoms with E-state index in [9.17, 15) is 0 Å². The maximum Gasteiger partial charge on any atom is 0.169 e. The summed E-state index contributed by atoms with van der Waals surface area (Å²) in [4.78, 5) is 0. The lowest BCUT2D eigenvalue weighted by molar-refractivity contribution is 0.378. The second-order valence-electron chi connectivity index (χ2n) is 4.01. The molecular weight excluding hydrogens is 306 g/mol. The summed E-state index contributed by atoms with van der Waals surface area (Å²) < 4.78 is 11.9. The zero-order valence-electron chi connectivity index (χ0n) is 10.6. The van der Waals surface area contributed by atoms with Gasteiger partial charge in [-0.2, -0.15) is 5.26 Å². The number of methoxy groups -OCH3 is 1. The van der Waals surface area contributed by atoms with Crippen LogP contribution >= 0.6 is 15.9 Å². The Labute approximate surface area is 120 Å². The van der Waals surface area contributed by atoms with Gasteiger partial charge in [0.25, 0.3) is 0 Å². The van der Waals surface area contributed by atoms with E-state index in [-0.39, 0.29) is 0 Å². The van der Waals surface area contributed by atoms with E-state index in [4.69, 9.17) is 14.7 Å². The Morgan fingerprint density at radius 3 is 2.47 bits per heavy atom. The van der Waals surface area contributed by atoms with E-state index >= 15 is 0 Å². The summed E-state index contributed by atoms with van der Waals surface area (Å²) in [6.45, 7) is 1.98. The third-order valence-corrected chi connectivity index (χ3v) is 3.09. The van der Waals surface area contributed by atoms with Crippen molar-refractivity contribution in [1.82, 2.24) is 0 Å². The van der Waals surface area contributed by atoms with Gasteiger partial charge in [-0.15, -0.1) is 0 Å².